The number of aryl methyl sites for hydroxylation is 2. The van der Waals surface area contributed by atoms with Crippen LogP contribution in [0.5, 0.6) is 0 Å². The minimum atomic E-state index is -1.89. The number of halogens is 3. The summed E-state index contributed by atoms with van der Waals surface area (Å²) in [5, 5.41) is 4.67. The van der Waals surface area contributed by atoms with E-state index in [1.54, 1.807) is 26.1 Å². The Labute approximate surface area is 205 Å². The summed E-state index contributed by atoms with van der Waals surface area (Å²) in [7, 11) is 0. The second-order valence-corrected chi connectivity index (χ2v) is 9.79. The standard InChI is InChI=1S/C25H23ClF2N6O/c1-13-14(2)31-23-22(30-13)21(18-6-3-16(26)9-19(18)27)32-24(33-23)25(28)7-8-35-20(10-25)15-11-29-34(12-15)17-4-5-17/h3,6,9,11-12,17,20H,4-5,7-8,10H2,1-2H3/t20-,25+/m0/s1. The number of alkyl halides is 1. The van der Waals surface area contributed by atoms with Gasteiger partial charge in [-0.1, -0.05) is 11.6 Å². The average Bonchev–Trinajstić information content (AvgIpc) is 3.56. The molecule has 35 heavy (non-hydrogen) atoms. The molecule has 4 aromatic rings. The molecule has 1 aliphatic carbocycles. The monoisotopic (exact) mass is 496 g/mol. The molecule has 180 valence electrons. The van der Waals surface area contributed by atoms with Crippen LogP contribution in [0.25, 0.3) is 22.4 Å². The highest BCUT2D eigenvalue weighted by Crippen LogP contribution is 2.44. The summed E-state index contributed by atoms with van der Waals surface area (Å²) in [6.07, 6.45) is 5.50. The van der Waals surface area contributed by atoms with Crippen LogP contribution in [0.15, 0.2) is 30.6 Å². The van der Waals surface area contributed by atoms with Crippen LogP contribution in [0, 0.1) is 19.7 Å². The second-order valence-electron chi connectivity index (χ2n) is 9.35. The molecular weight excluding hydrogens is 474 g/mol. The summed E-state index contributed by atoms with van der Waals surface area (Å²) in [5.41, 5.74) is 1.16. The first-order valence-corrected chi connectivity index (χ1v) is 12.0. The maximum Gasteiger partial charge on any atom is 0.182 e. The van der Waals surface area contributed by atoms with Crippen molar-refractivity contribution in [3.8, 4) is 11.3 Å². The van der Waals surface area contributed by atoms with Crippen molar-refractivity contribution < 1.29 is 13.5 Å². The topological polar surface area (TPSA) is 78.6 Å². The highest BCUT2D eigenvalue weighted by Gasteiger charge is 2.43. The molecule has 0 amide bonds. The lowest BCUT2D eigenvalue weighted by Crippen LogP contribution is -2.33. The van der Waals surface area contributed by atoms with Gasteiger partial charge in [-0.25, -0.2) is 28.7 Å². The second kappa shape index (κ2) is 8.27. The number of fused-ring (bicyclic) bond motifs is 1. The molecule has 7 nitrogen and oxygen atoms in total. The molecule has 1 aromatic carbocycles. The van der Waals surface area contributed by atoms with Gasteiger partial charge in [0, 0.05) is 35.2 Å². The van der Waals surface area contributed by atoms with E-state index in [1.165, 1.54) is 12.1 Å². The molecule has 0 spiro atoms. The minimum absolute atomic E-state index is 0.0235. The van der Waals surface area contributed by atoms with Gasteiger partial charge in [-0.05, 0) is 44.9 Å². The number of rotatable bonds is 4. The van der Waals surface area contributed by atoms with Crippen LogP contribution in [0.2, 0.25) is 5.02 Å². The maximum atomic E-state index is 16.6. The molecule has 10 heteroatoms. The fourth-order valence-electron chi connectivity index (χ4n) is 4.47. The maximum absolute atomic E-state index is 16.6. The molecule has 4 heterocycles. The molecule has 2 aliphatic rings. The predicted molar refractivity (Wildman–Crippen MR) is 126 cm³/mol. The zero-order valence-corrected chi connectivity index (χ0v) is 20.1. The van der Waals surface area contributed by atoms with E-state index < -0.39 is 17.6 Å². The van der Waals surface area contributed by atoms with E-state index in [1.807, 2.05) is 10.9 Å². The Morgan fingerprint density at radius 3 is 2.69 bits per heavy atom. The number of benzene rings is 1. The smallest absolute Gasteiger partial charge is 0.182 e. The first kappa shape index (κ1) is 22.4. The summed E-state index contributed by atoms with van der Waals surface area (Å²) in [6.45, 7) is 3.80. The van der Waals surface area contributed by atoms with E-state index in [9.17, 15) is 4.39 Å². The molecular formula is C25H23ClF2N6O. The van der Waals surface area contributed by atoms with E-state index in [0.29, 0.717) is 22.9 Å². The molecule has 0 radical (unpaired) electrons. The highest BCUT2D eigenvalue weighted by atomic mass is 35.5. The van der Waals surface area contributed by atoms with E-state index in [-0.39, 0.29) is 47.2 Å². The van der Waals surface area contributed by atoms with Gasteiger partial charge in [0.15, 0.2) is 17.1 Å². The number of aromatic nitrogens is 6. The van der Waals surface area contributed by atoms with Crippen LogP contribution >= 0.6 is 11.6 Å². The quantitative estimate of drug-likeness (QED) is 0.358. The van der Waals surface area contributed by atoms with Crippen molar-refractivity contribution in [3.63, 3.8) is 0 Å². The molecule has 2 fully saturated rings. The number of hydrogen-bond acceptors (Lipinski definition) is 6. The SMILES string of the molecule is Cc1nc2nc([C@@]3(F)CCO[C@H](c4cnn(C5CC5)c4)C3)nc(-c3ccc(Cl)cc3F)c2nc1C. The van der Waals surface area contributed by atoms with Gasteiger partial charge in [0.25, 0.3) is 0 Å². The molecule has 3 aromatic heterocycles. The first-order valence-electron chi connectivity index (χ1n) is 11.6. The fraction of sp³-hybridized carbons (Fsp3) is 0.400. The zero-order chi connectivity index (χ0) is 24.3. The fourth-order valence-corrected chi connectivity index (χ4v) is 4.63. The van der Waals surface area contributed by atoms with Gasteiger partial charge in [0.1, 0.15) is 17.0 Å². The van der Waals surface area contributed by atoms with Gasteiger partial charge in [0.05, 0.1) is 36.3 Å². The minimum Gasteiger partial charge on any atom is -0.373 e. The molecule has 0 bridgehead atoms. The van der Waals surface area contributed by atoms with Crippen molar-refractivity contribution in [1.29, 1.82) is 0 Å². The Balaban J connectivity index is 1.45. The lowest BCUT2D eigenvalue weighted by molar-refractivity contribution is -0.0715. The van der Waals surface area contributed by atoms with Crippen LogP contribution < -0.4 is 0 Å². The van der Waals surface area contributed by atoms with Gasteiger partial charge in [-0.3, -0.25) is 4.68 Å². The Bertz CT molecular complexity index is 1460. The Morgan fingerprint density at radius 2 is 1.91 bits per heavy atom. The van der Waals surface area contributed by atoms with Crippen LogP contribution in [0.3, 0.4) is 0 Å². The van der Waals surface area contributed by atoms with Crippen molar-refractivity contribution >= 4 is 22.8 Å². The lowest BCUT2D eigenvalue weighted by Gasteiger charge is -2.33. The summed E-state index contributed by atoms with van der Waals surface area (Å²) < 4.78 is 39.4. The molecule has 0 unspecified atom stereocenters. The van der Waals surface area contributed by atoms with Gasteiger partial charge < -0.3 is 4.74 Å². The van der Waals surface area contributed by atoms with E-state index in [4.69, 9.17) is 16.3 Å². The van der Waals surface area contributed by atoms with Crippen molar-refractivity contribution in [3.05, 3.63) is 64.2 Å². The van der Waals surface area contributed by atoms with E-state index in [0.717, 1.165) is 18.4 Å². The van der Waals surface area contributed by atoms with Crippen molar-refractivity contribution in [1.82, 2.24) is 29.7 Å². The third-order valence-electron chi connectivity index (χ3n) is 6.77. The summed E-state index contributed by atoms with van der Waals surface area (Å²) in [5.74, 6) is -0.622. The molecule has 1 saturated carbocycles. The van der Waals surface area contributed by atoms with Crippen LogP contribution in [-0.2, 0) is 10.4 Å². The summed E-state index contributed by atoms with van der Waals surface area (Å²) in [4.78, 5) is 18.1. The Hall–Kier alpha value is -3.04. The first-order chi connectivity index (χ1) is 16.8. The summed E-state index contributed by atoms with van der Waals surface area (Å²) in [6, 6.07) is 4.71. The lowest BCUT2D eigenvalue weighted by atomic mass is 9.89. The third kappa shape index (κ3) is 4.06. The van der Waals surface area contributed by atoms with Gasteiger partial charge >= 0.3 is 0 Å². The van der Waals surface area contributed by atoms with Crippen LogP contribution in [0.4, 0.5) is 8.78 Å². The molecule has 6 rings (SSSR count). The largest absolute Gasteiger partial charge is 0.373 e. The van der Waals surface area contributed by atoms with E-state index in [2.05, 4.69) is 25.0 Å². The predicted octanol–water partition coefficient (Wildman–Crippen LogP) is 5.74. The normalized spacial score (nSPS) is 22.6. The van der Waals surface area contributed by atoms with Gasteiger partial charge in [-0.2, -0.15) is 5.10 Å². The average molecular weight is 497 g/mol. The number of hydrogen-bond donors (Lipinski definition) is 0. The summed E-state index contributed by atoms with van der Waals surface area (Å²) >= 11 is 5.96. The van der Waals surface area contributed by atoms with Gasteiger partial charge in [0.2, 0.25) is 0 Å². The molecule has 1 aliphatic heterocycles. The molecule has 0 N–H and O–H groups in total. The Morgan fingerprint density at radius 1 is 1.11 bits per heavy atom. The van der Waals surface area contributed by atoms with Crippen molar-refractivity contribution in [2.75, 3.05) is 6.61 Å². The number of nitrogens with zero attached hydrogens (tertiary/aromatic N) is 6. The highest BCUT2D eigenvalue weighted by molar-refractivity contribution is 6.30. The molecule has 2 atom stereocenters. The van der Waals surface area contributed by atoms with E-state index >= 15 is 4.39 Å². The third-order valence-corrected chi connectivity index (χ3v) is 7.01. The van der Waals surface area contributed by atoms with Crippen molar-refractivity contribution in [2.24, 2.45) is 0 Å². The number of ether oxygens (including phenoxy) is 1. The van der Waals surface area contributed by atoms with Crippen molar-refractivity contribution in [2.45, 2.75) is 57.3 Å². The Kier molecular flexibility index (Phi) is 5.30. The van der Waals surface area contributed by atoms with Crippen LogP contribution in [0.1, 0.15) is 60.6 Å². The zero-order valence-electron chi connectivity index (χ0n) is 19.3. The molecule has 1 saturated heterocycles. The van der Waals surface area contributed by atoms with Crippen LogP contribution in [-0.4, -0.2) is 36.3 Å². The van der Waals surface area contributed by atoms with Gasteiger partial charge in [-0.15, -0.1) is 0 Å².